The summed E-state index contributed by atoms with van der Waals surface area (Å²) >= 11 is 6.12. The van der Waals surface area contributed by atoms with Crippen LogP contribution >= 0.6 is 11.6 Å². The van der Waals surface area contributed by atoms with Gasteiger partial charge in [0.25, 0.3) is 5.91 Å². The molecule has 0 bridgehead atoms. The highest BCUT2D eigenvalue weighted by Gasteiger charge is 2.31. The van der Waals surface area contributed by atoms with Gasteiger partial charge < -0.3 is 14.7 Å². The molecular formula is C29H30ClN3O4. The third kappa shape index (κ3) is 5.78. The predicted molar refractivity (Wildman–Crippen MR) is 144 cm³/mol. The number of hydrazone groups is 1. The monoisotopic (exact) mass is 519 g/mol. The van der Waals surface area contributed by atoms with Crippen LogP contribution in [-0.4, -0.2) is 52.7 Å². The molecule has 3 aromatic carbocycles. The number of aliphatic hydroxyl groups is 1. The second kappa shape index (κ2) is 11.3. The first-order chi connectivity index (χ1) is 18.0. The number of halogens is 1. The molecule has 1 aliphatic heterocycles. The van der Waals surface area contributed by atoms with Crippen LogP contribution in [0.25, 0.3) is 10.8 Å². The molecule has 37 heavy (non-hydrogen) atoms. The Balaban J connectivity index is 1.22. The molecule has 5 rings (SSSR count). The lowest BCUT2D eigenvalue weighted by atomic mass is 9.86. The Morgan fingerprint density at radius 1 is 1.05 bits per heavy atom. The fourth-order valence-electron chi connectivity index (χ4n) is 5.07. The zero-order valence-corrected chi connectivity index (χ0v) is 21.2. The van der Waals surface area contributed by atoms with Gasteiger partial charge in [-0.05, 0) is 54.3 Å². The number of hydrogen-bond acceptors (Lipinski definition) is 5. The molecule has 1 aliphatic carbocycles. The zero-order chi connectivity index (χ0) is 25.8. The van der Waals surface area contributed by atoms with Crippen molar-refractivity contribution in [2.45, 2.75) is 43.7 Å². The molecule has 0 radical (unpaired) electrons. The summed E-state index contributed by atoms with van der Waals surface area (Å²) in [5.41, 5.74) is 5.91. The fraction of sp³-hybridized carbons (Fsp3) is 0.345. The third-order valence-corrected chi connectivity index (χ3v) is 7.71. The smallest absolute Gasteiger partial charge is 0.260 e. The number of ether oxygens (including phenoxy) is 1. The molecule has 1 heterocycles. The molecule has 2 aliphatic rings. The lowest BCUT2D eigenvalue weighted by Gasteiger charge is -2.28. The van der Waals surface area contributed by atoms with Gasteiger partial charge in [-0.2, -0.15) is 5.10 Å². The first-order valence-electron chi connectivity index (χ1n) is 12.6. The van der Waals surface area contributed by atoms with Gasteiger partial charge in [-0.3, -0.25) is 9.59 Å². The topological polar surface area (TPSA) is 91.2 Å². The van der Waals surface area contributed by atoms with Gasteiger partial charge in [0.1, 0.15) is 5.75 Å². The molecule has 192 valence electrons. The molecular weight excluding hydrogens is 490 g/mol. The van der Waals surface area contributed by atoms with Crippen LogP contribution in [0.2, 0.25) is 0 Å². The Labute approximate surface area is 221 Å². The Morgan fingerprint density at radius 3 is 2.62 bits per heavy atom. The van der Waals surface area contributed by atoms with Crippen LogP contribution in [0.3, 0.4) is 0 Å². The maximum atomic E-state index is 12.9. The van der Waals surface area contributed by atoms with Crippen LogP contribution in [0.5, 0.6) is 5.75 Å². The van der Waals surface area contributed by atoms with Crippen molar-refractivity contribution in [3.63, 3.8) is 0 Å². The first-order valence-corrected chi connectivity index (χ1v) is 13.1. The number of carbonyl (C=O) groups excluding carboxylic acids is 2. The highest BCUT2D eigenvalue weighted by Crippen LogP contribution is 2.29. The van der Waals surface area contributed by atoms with Crippen LogP contribution in [0, 0.1) is 5.92 Å². The fourth-order valence-corrected chi connectivity index (χ4v) is 5.41. The van der Waals surface area contributed by atoms with Gasteiger partial charge in [0.2, 0.25) is 5.91 Å². The Morgan fingerprint density at radius 2 is 1.81 bits per heavy atom. The normalized spacial score (nSPS) is 21.6. The number of amides is 2. The molecule has 7 nitrogen and oxygen atoms in total. The van der Waals surface area contributed by atoms with Crippen molar-refractivity contribution in [2.24, 2.45) is 11.0 Å². The molecule has 2 N–H and O–H groups in total. The Hall–Kier alpha value is -3.42. The molecule has 1 saturated carbocycles. The van der Waals surface area contributed by atoms with E-state index in [0.717, 1.165) is 22.8 Å². The van der Waals surface area contributed by atoms with Gasteiger partial charge in [0, 0.05) is 30.0 Å². The first kappa shape index (κ1) is 25.2. The minimum Gasteiger partial charge on any atom is -0.483 e. The molecule has 3 unspecified atom stereocenters. The van der Waals surface area contributed by atoms with E-state index < -0.39 is 11.5 Å². The van der Waals surface area contributed by atoms with Gasteiger partial charge in [0.05, 0.1) is 17.7 Å². The highest BCUT2D eigenvalue weighted by molar-refractivity contribution is 6.21. The average Bonchev–Trinajstić information content (AvgIpc) is 2.93. The standard InChI is InChI=1S/C29H30ClN3O4/c30-25-15-20(9-11-26(25)34)29(36)32-31-16-21-10-12-27(24-8-4-3-7-23(21)24)37-18-28(35)33-14-13-19-5-1-2-6-22(19)17-33/h1-8,10,12,16,20,25-26,34H,9,11,13-15,17-18H2,(H,32,36). The molecule has 0 spiro atoms. The van der Waals surface area contributed by atoms with Gasteiger partial charge in [-0.25, -0.2) is 5.43 Å². The Kier molecular flexibility index (Phi) is 7.72. The molecule has 8 heteroatoms. The SMILES string of the molecule is O=C(NN=Cc1ccc(OCC(=O)N2CCc3ccccc3C2)c2ccccc12)C1CCC(O)C(Cl)C1. The van der Waals surface area contributed by atoms with E-state index in [1.54, 1.807) is 6.21 Å². The third-order valence-electron chi connectivity index (χ3n) is 7.24. The second-order valence-electron chi connectivity index (χ2n) is 9.65. The average molecular weight is 520 g/mol. The molecule has 2 amide bonds. The molecule has 0 aromatic heterocycles. The number of aliphatic hydroxyl groups excluding tert-OH is 1. The van der Waals surface area contributed by atoms with Gasteiger partial charge in [0.15, 0.2) is 6.61 Å². The number of nitrogens with one attached hydrogen (secondary N) is 1. The van der Waals surface area contributed by atoms with Crippen molar-refractivity contribution in [1.29, 1.82) is 0 Å². The number of rotatable bonds is 6. The molecule has 1 fully saturated rings. The van der Waals surface area contributed by atoms with E-state index in [9.17, 15) is 14.7 Å². The van der Waals surface area contributed by atoms with Crippen molar-refractivity contribution < 1.29 is 19.4 Å². The van der Waals surface area contributed by atoms with Crippen LogP contribution in [-0.2, 0) is 22.6 Å². The summed E-state index contributed by atoms with van der Waals surface area (Å²) in [5, 5.41) is 15.3. The number of benzene rings is 3. The van der Waals surface area contributed by atoms with Crippen molar-refractivity contribution in [3.8, 4) is 5.75 Å². The Bertz CT molecular complexity index is 1330. The predicted octanol–water partition coefficient (Wildman–Crippen LogP) is 4.02. The van der Waals surface area contributed by atoms with E-state index in [4.69, 9.17) is 16.3 Å². The summed E-state index contributed by atoms with van der Waals surface area (Å²) in [7, 11) is 0. The summed E-state index contributed by atoms with van der Waals surface area (Å²) < 4.78 is 5.98. The number of fused-ring (bicyclic) bond motifs is 2. The minimum absolute atomic E-state index is 0.0344. The zero-order valence-electron chi connectivity index (χ0n) is 20.5. The van der Waals surface area contributed by atoms with Crippen LogP contribution < -0.4 is 10.2 Å². The van der Waals surface area contributed by atoms with E-state index in [2.05, 4.69) is 22.7 Å². The summed E-state index contributed by atoms with van der Waals surface area (Å²) in [5.74, 6) is 0.121. The summed E-state index contributed by atoms with van der Waals surface area (Å²) in [6.07, 6.45) is 3.43. The van der Waals surface area contributed by atoms with E-state index in [0.29, 0.717) is 38.1 Å². The van der Waals surface area contributed by atoms with Crippen molar-refractivity contribution in [1.82, 2.24) is 10.3 Å². The van der Waals surface area contributed by atoms with E-state index in [-0.39, 0.29) is 24.3 Å². The van der Waals surface area contributed by atoms with Gasteiger partial charge >= 0.3 is 0 Å². The summed E-state index contributed by atoms with van der Waals surface area (Å²) in [4.78, 5) is 27.2. The number of nitrogens with zero attached hydrogens (tertiary/aromatic N) is 2. The van der Waals surface area contributed by atoms with Crippen LogP contribution in [0.15, 0.2) is 65.8 Å². The number of carbonyl (C=O) groups is 2. The van der Waals surface area contributed by atoms with Crippen LogP contribution in [0.1, 0.15) is 36.0 Å². The van der Waals surface area contributed by atoms with E-state index in [1.807, 2.05) is 53.4 Å². The van der Waals surface area contributed by atoms with Crippen molar-refractivity contribution in [2.75, 3.05) is 13.2 Å². The summed E-state index contributed by atoms with van der Waals surface area (Å²) in [6, 6.07) is 19.6. The van der Waals surface area contributed by atoms with Crippen molar-refractivity contribution >= 4 is 40.4 Å². The molecule has 3 aromatic rings. The highest BCUT2D eigenvalue weighted by atomic mass is 35.5. The molecule has 3 atom stereocenters. The van der Waals surface area contributed by atoms with Crippen LogP contribution in [0.4, 0.5) is 0 Å². The number of hydrogen-bond donors (Lipinski definition) is 2. The quantitative estimate of drug-likeness (QED) is 0.292. The van der Waals surface area contributed by atoms with Crippen molar-refractivity contribution in [3.05, 3.63) is 77.4 Å². The molecule has 0 saturated heterocycles. The maximum Gasteiger partial charge on any atom is 0.260 e. The lowest BCUT2D eigenvalue weighted by molar-refractivity contribution is -0.134. The number of alkyl halides is 1. The minimum atomic E-state index is -0.562. The largest absolute Gasteiger partial charge is 0.483 e. The summed E-state index contributed by atoms with van der Waals surface area (Å²) in [6.45, 7) is 1.26. The second-order valence-corrected chi connectivity index (χ2v) is 10.2. The van der Waals surface area contributed by atoms with E-state index >= 15 is 0 Å². The lowest BCUT2D eigenvalue weighted by Crippen LogP contribution is -2.38. The van der Waals surface area contributed by atoms with E-state index in [1.165, 1.54) is 11.1 Å². The maximum absolute atomic E-state index is 12.9. The van der Waals surface area contributed by atoms with Gasteiger partial charge in [-0.1, -0.05) is 48.5 Å². The van der Waals surface area contributed by atoms with Gasteiger partial charge in [-0.15, -0.1) is 11.6 Å².